The van der Waals surface area contributed by atoms with Gasteiger partial charge in [0.2, 0.25) is 5.88 Å². The topological polar surface area (TPSA) is 57.1 Å². The predicted octanol–water partition coefficient (Wildman–Crippen LogP) is 4.99. The van der Waals surface area contributed by atoms with E-state index >= 15 is 0 Å². The molecule has 3 rings (SSSR count). The second kappa shape index (κ2) is 8.94. The molecule has 0 spiro atoms. The van der Waals surface area contributed by atoms with Crippen molar-refractivity contribution < 1.29 is 9.47 Å². The highest BCUT2D eigenvalue weighted by atomic mass is 16.5. The Balaban J connectivity index is 1.70. The van der Waals surface area contributed by atoms with Crippen LogP contribution < -0.4 is 9.47 Å². The Bertz CT molecular complexity index is 906. The lowest BCUT2D eigenvalue weighted by Gasteiger charge is -2.15. The van der Waals surface area contributed by atoms with Crippen LogP contribution >= 0.6 is 0 Å². The molecule has 0 unspecified atom stereocenters. The van der Waals surface area contributed by atoms with Crippen LogP contribution in [0.3, 0.4) is 0 Å². The van der Waals surface area contributed by atoms with Gasteiger partial charge in [-0.25, -0.2) is 0 Å². The zero-order chi connectivity index (χ0) is 19.1. The van der Waals surface area contributed by atoms with Crippen LogP contribution in [0.25, 0.3) is 11.4 Å². The van der Waals surface area contributed by atoms with Crippen LogP contribution in [0.4, 0.5) is 0 Å². The summed E-state index contributed by atoms with van der Waals surface area (Å²) in [6.07, 6.45) is 2.61. The van der Waals surface area contributed by atoms with E-state index in [4.69, 9.17) is 9.47 Å². The van der Waals surface area contributed by atoms with Crippen molar-refractivity contribution in [2.24, 2.45) is 0 Å². The maximum absolute atomic E-state index is 6.11. The summed E-state index contributed by atoms with van der Waals surface area (Å²) in [5.74, 6) is 2.08. The first-order valence-corrected chi connectivity index (χ1v) is 8.97. The Morgan fingerprint density at radius 2 is 1.74 bits per heavy atom. The number of benzene rings is 1. The molecular weight excluding hydrogens is 338 g/mol. The molecule has 0 amide bonds. The van der Waals surface area contributed by atoms with Crippen LogP contribution in [-0.4, -0.2) is 21.8 Å². The lowest BCUT2D eigenvalue weighted by molar-refractivity contribution is 0.266. The minimum atomic E-state index is 0.297. The molecule has 0 saturated heterocycles. The third-order valence-corrected chi connectivity index (χ3v) is 4.25. The summed E-state index contributed by atoms with van der Waals surface area (Å²) in [6, 6.07) is 17.3. The quantitative estimate of drug-likeness (QED) is 0.555. The number of pyridine rings is 1. The van der Waals surface area contributed by atoms with Gasteiger partial charge in [-0.1, -0.05) is 31.2 Å². The van der Waals surface area contributed by atoms with E-state index in [0.29, 0.717) is 18.2 Å². The molecule has 0 saturated carbocycles. The SMILES string of the molecule is CC/C(C)=C(/COc1ccc(-c2ccccn2)nn1)Oc1ccccc1C. The lowest BCUT2D eigenvalue weighted by Crippen LogP contribution is -2.11. The number of ether oxygens (including phenoxy) is 2. The molecule has 0 N–H and O–H groups in total. The lowest BCUT2D eigenvalue weighted by atomic mass is 10.2. The Morgan fingerprint density at radius 3 is 2.41 bits per heavy atom. The molecule has 5 heteroatoms. The first-order valence-electron chi connectivity index (χ1n) is 8.97. The zero-order valence-corrected chi connectivity index (χ0v) is 15.8. The monoisotopic (exact) mass is 361 g/mol. The molecule has 0 aliphatic heterocycles. The number of aromatic nitrogens is 3. The minimum absolute atomic E-state index is 0.297. The average molecular weight is 361 g/mol. The Hall–Kier alpha value is -3.21. The van der Waals surface area contributed by atoms with Gasteiger partial charge in [0.05, 0.1) is 5.69 Å². The highest BCUT2D eigenvalue weighted by Gasteiger charge is 2.10. The number of nitrogens with zero attached hydrogens (tertiary/aromatic N) is 3. The number of aryl methyl sites for hydroxylation is 1. The molecule has 1 aromatic carbocycles. The van der Waals surface area contributed by atoms with Crippen molar-refractivity contribution in [3.05, 3.63) is 77.7 Å². The van der Waals surface area contributed by atoms with Crippen molar-refractivity contribution in [1.29, 1.82) is 0 Å². The highest BCUT2D eigenvalue weighted by Crippen LogP contribution is 2.22. The number of rotatable bonds is 7. The van der Waals surface area contributed by atoms with Crippen molar-refractivity contribution in [3.63, 3.8) is 0 Å². The largest absolute Gasteiger partial charge is 0.468 e. The minimum Gasteiger partial charge on any atom is -0.468 e. The predicted molar refractivity (Wildman–Crippen MR) is 106 cm³/mol. The highest BCUT2D eigenvalue weighted by molar-refractivity contribution is 5.52. The Labute approximate surface area is 159 Å². The summed E-state index contributed by atoms with van der Waals surface area (Å²) in [7, 11) is 0. The van der Waals surface area contributed by atoms with Crippen molar-refractivity contribution >= 4 is 0 Å². The molecule has 0 aliphatic carbocycles. The van der Waals surface area contributed by atoms with E-state index in [2.05, 4.69) is 22.1 Å². The van der Waals surface area contributed by atoms with Gasteiger partial charge in [-0.15, -0.1) is 10.2 Å². The molecule has 138 valence electrons. The van der Waals surface area contributed by atoms with Crippen LogP contribution in [0.15, 0.2) is 72.1 Å². The molecular formula is C22H23N3O2. The van der Waals surface area contributed by atoms with Crippen LogP contribution in [0.2, 0.25) is 0 Å². The fraction of sp³-hybridized carbons (Fsp3) is 0.227. The summed E-state index contributed by atoms with van der Waals surface area (Å²) in [4.78, 5) is 4.27. The van der Waals surface area contributed by atoms with Crippen LogP contribution in [0.1, 0.15) is 25.8 Å². The van der Waals surface area contributed by atoms with E-state index in [-0.39, 0.29) is 0 Å². The van der Waals surface area contributed by atoms with Crippen molar-refractivity contribution in [2.75, 3.05) is 6.61 Å². The molecule has 0 fully saturated rings. The molecule has 0 radical (unpaired) electrons. The van der Waals surface area contributed by atoms with E-state index in [1.807, 2.05) is 62.4 Å². The summed E-state index contributed by atoms with van der Waals surface area (Å²) in [5, 5.41) is 8.34. The second-order valence-corrected chi connectivity index (χ2v) is 6.19. The van der Waals surface area contributed by atoms with Crippen molar-refractivity contribution in [2.45, 2.75) is 27.2 Å². The fourth-order valence-electron chi connectivity index (χ4n) is 2.43. The van der Waals surface area contributed by atoms with Gasteiger partial charge in [0.15, 0.2) is 0 Å². The first-order chi connectivity index (χ1) is 13.2. The Morgan fingerprint density at radius 1 is 0.926 bits per heavy atom. The third kappa shape index (κ3) is 4.91. The second-order valence-electron chi connectivity index (χ2n) is 6.19. The maximum atomic E-state index is 6.11. The van der Waals surface area contributed by atoms with Gasteiger partial charge in [-0.2, -0.15) is 0 Å². The van der Waals surface area contributed by atoms with E-state index in [1.54, 1.807) is 12.3 Å². The average Bonchev–Trinajstić information content (AvgIpc) is 2.73. The molecule has 0 bridgehead atoms. The van der Waals surface area contributed by atoms with Crippen LogP contribution in [0.5, 0.6) is 11.6 Å². The summed E-state index contributed by atoms with van der Waals surface area (Å²) in [5.41, 5.74) is 3.70. The van der Waals surface area contributed by atoms with Gasteiger partial charge < -0.3 is 9.47 Å². The summed E-state index contributed by atoms with van der Waals surface area (Å²) >= 11 is 0. The van der Waals surface area contributed by atoms with E-state index in [1.165, 1.54) is 0 Å². The molecule has 0 aliphatic rings. The van der Waals surface area contributed by atoms with Gasteiger partial charge in [0.25, 0.3) is 0 Å². The number of hydrogen-bond acceptors (Lipinski definition) is 5. The Kier molecular flexibility index (Phi) is 6.15. The van der Waals surface area contributed by atoms with Gasteiger partial charge in [-0.3, -0.25) is 4.98 Å². The van der Waals surface area contributed by atoms with Crippen molar-refractivity contribution in [1.82, 2.24) is 15.2 Å². The van der Waals surface area contributed by atoms with Gasteiger partial charge >= 0.3 is 0 Å². The molecule has 3 aromatic rings. The maximum Gasteiger partial charge on any atom is 0.233 e. The molecule has 27 heavy (non-hydrogen) atoms. The fourth-order valence-corrected chi connectivity index (χ4v) is 2.43. The standard InChI is InChI=1S/C22H23N3O2/c1-4-16(2)21(27-20-11-6-5-9-17(20)3)15-26-22-13-12-19(24-25-22)18-10-7-8-14-23-18/h5-14H,4,15H2,1-3H3/b21-16-. The van der Waals surface area contributed by atoms with Gasteiger partial charge in [0, 0.05) is 12.3 Å². The van der Waals surface area contributed by atoms with E-state index in [0.717, 1.165) is 34.8 Å². The van der Waals surface area contributed by atoms with E-state index in [9.17, 15) is 0 Å². The molecule has 0 atom stereocenters. The third-order valence-electron chi connectivity index (χ3n) is 4.25. The van der Waals surface area contributed by atoms with Gasteiger partial charge in [0.1, 0.15) is 23.8 Å². The van der Waals surface area contributed by atoms with Crippen molar-refractivity contribution in [3.8, 4) is 23.0 Å². The van der Waals surface area contributed by atoms with Crippen LogP contribution in [-0.2, 0) is 0 Å². The summed E-state index contributed by atoms with van der Waals surface area (Å²) < 4.78 is 11.9. The van der Waals surface area contributed by atoms with Crippen LogP contribution in [0, 0.1) is 6.92 Å². The number of allylic oxidation sites excluding steroid dienone is 1. The first kappa shape index (κ1) is 18.6. The normalized spacial score (nSPS) is 11.7. The smallest absolute Gasteiger partial charge is 0.233 e. The molecule has 2 heterocycles. The summed E-state index contributed by atoms with van der Waals surface area (Å²) in [6.45, 7) is 6.47. The molecule has 5 nitrogen and oxygen atoms in total. The van der Waals surface area contributed by atoms with Gasteiger partial charge in [-0.05, 0) is 55.7 Å². The zero-order valence-electron chi connectivity index (χ0n) is 15.8. The van der Waals surface area contributed by atoms with E-state index < -0.39 is 0 Å². The number of hydrogen-bond donors (Lipinski definition) is 0. The number of para-hydroxylation sites is 1. The molecule has 2 aromatic heterocycles.